The van der Waals surface area contributed by atoms with E-state index >= 15 is 4.39 Å². The largest absolute Gasteiger partial charge is 0.475 e. The van der Waals surface area contributed by atoms with Gasteiger partial charge in [0, 0.05) is 48.2 Å². The number of ether oxygens (including phenoxy) is 2. The van der Waals surface area contributed by atoms with Crippen LogP contribution in [0.25, 0.3) is 22.2 Å². The second-order valence-corrected chi connectivity index (χ2v) is 13.6. The van der Waals surface area contributed by atoms with Crippen molar-refractivity contribution in [2.24, 2.45) is 0 Å². The number of halogens is 5. The van der Waals surface area contributed by atoms with Crippen LogP contribution in [0.15, 0.2) is 12.1 Å². The van der Waals surface area contributed by atoms with Crippen molar-refractivity contribution in [1.29, 1.82) is 0 Å². The Bertz CT molecular complexity index is 1660. The Hall–Kier alpha value is -2.96. The molecule has 0 radical (unpaired) electrons. The molecule has 3 saturated heterocycles. The number of anilines is 1. The van der Waals surface area contributed by atoms with Gasteiger partial charge in [0.2, 0.25) is 5.88 Å². The van der Waals surface area contributed by atoms with Crippen molar-refractivity contribution >= 4 is 28.3 Å². The summed E-state index contributed by atoms with van der Waals surface area (Å²) in [5, 5.41) is 4.03. The summed E-state index contributed by atoms with van der Waals surface area (Å²) >= 11 is 6.56. The molecule has 4 aliphatic heterocycles. The number of alkyl halides is 3. The zero-order chi connectivity index (χ0) is 31.0. The molecule has 0 unspecified atom stereocenters. The molecule has 4 atom stereocenters. The molecule has 13 heteroatoms. The minimum Gasteiger partial charge on any atom is -0.475 e. The second-order valence-electron chi connectivity index (χ2n) is 13.2. The first-order chi connectivity index (χ1) is 21.7. The molecule has 5 aliphatic rings. The van der Waals surface area contributed by atoms with Gasteiger partial charge in [-0.3, -0.25) is 4.90 Å². The number of hydrogen-bond donors (Lipinski definition) is 1. The maximum Gasteiger partial charge on any atom is 0.319 e. The summed E-state index contributed by atoms with van der Waals surface area (Å²) < 4.78 is 71.8. The highest BCUT2D eigenvalue weighted by molar-refractivity contribution is 6.32. The van der Waals surface area contributed by atoms with Crippen molar-refractivity contribution in [3.8, 4) is 23.1 Å². The highest BCUT2D eigenvalue weighted by Gasteiger charge is 2.49. The lowest BCUT2D eigenvalue weighted by molar-refractivity contribution is 0.107. The number of piperazine rings is 1. The number of nitrogens with zero attached hydrogens (tertiary/aromatic N) is 5. The molecular weight excluding hydrogens is 612 g/mol. The third kappa shape index (κ3) is 4.98. The predicted octanol–water partition coefficient (Wildman–Crippen LogP) is 6.20. The predicted molar refractivity (Wildman–Crippen MR) is 162 cm³/mol. The first-order valence-electron chi connectivity index (χ1n) is 15.9. The van der Waals surface area contributed by atoms with E-state index in [1.54, 1.807) is 0 Å². The SMILES string of the molecule is CC[C@@H]1CN2c3nc(OC[C@@]45CCCN4C[C@H](F)C5)nc4c(F)c(-c5cc(C(F)F)cc(Cl)c5C5CC5)nc(c34)OC[C@@H]2CN1. The molecule has 0 spiro atoms. The number of nitrogens with one attached hydrogen (secondary N) is 1. The summed E-state index contributed by atoms with van der Waals surface area (Å²) in [5.74, 6) is -0.146. The van der Waals surface area contributed by atoms with E-state index < -0.39 is 24.0 Å². The van der Waals surface area contributed by atoms with Gasteiger partial charge in [-0.25, -0.2) is 22.5 Å². The average Bonchev–Trinajstić information content (AvgIpc) is 3.74. The van der Waals surface area contributed by atoms with E-state index in [9.17, 15) is 13.2 Å². The molecule has 1 aliphatic carbocycles. The van der Waals surface area contributed by atoms with Crippen molar-refractivity contribution in [2.45, 2.75) is 81.6 Å². The molecule has 1 aromatic carbocycles. The summed E-state index contributed by atoms with van der Waals surface area (Å²) in [5.41, 5.74) is -0.126. The quantitative estimate of drug-likeness (QED) is 0.304. The average molecular weight is 647 g/mol. The van der Waals surface area contributed by atoms with Gasteiger partial charge in [0.25, 0.3) is 6.43 Å². The fourth-order valence-electron chi connectivity index (χ4n) is 7.77. The smallest absolute Gasteiger partial charge is 0.319 e. The van der Waals surface area contributed by atoms with Gasteiger partial charge in [-0.05, 0) is 62.3 Å². The highest BCUT2D eigenvalue weighted by atomic mass is 35.5. The normalized spacial score (nSPS) is 27.9. The van der Waals surface area contributed by atoms with Crippen LogP contribution in [0, 0.1) is 5.82 Å². The van der Waals surface area contributed by atoms with E-state index in [1.165, 1.54) is 12.1 Å². The van der Waals surface area contributed by atoms with Gasteiger partial charge in [0.15, 0.2) is 5.82 Å². The molecule has 2 aromatic heterocycles. The fourth-order valence-corrected chi connectivity index (χ4v) is 8.16. The summed E-state index contributed by atoms with van der Waals surface area (Å²) in [6.07, 6.45) is 0.936. The van der Waals surface area contributed by atoms with Crippen LogP contribution in [0.3, 0.4) is 0 Å². The summed E-state index contributed by atoms with van der Waals surface area (Å²) in [6, 6.07) is 2.58. The van der Waals surface area contributed by atoms with Crippen LogP contribution in [0.5, 0.6) is 11.9 Å². The van der Waals surface area contributed by atoms with Gasteiger partial charge in [-0.1, -0.05) is 18.5 Å². The summed E-state index contributed by atoms with van der Waals surface area (Å²) in [7, 11) is 0. The minimum absolute atomic E-state index is 0.0166. The molecule has 0 amide bonds. The number of hydrogen-bond acceptors (Lipinski definition) is 8. The van der Waals surface area contributed by atoms with Gasteiger partial charge in [0.05, 0.1) is 11.6 Å². The summed E-state index contributed by atoms with van der Waals surface area (Å²) in [4.78, 5) is 18.3. The number of benzene rings is 1. The standard InChI is InChI=1S/C32H35ClF4N6O2/c1-2-19-13-43-20(11-38-19)14-44-30-24-27(40-31(41-29(24)43)45-15-32-6-3-7-42(32)12-18(34)10-32)25(35)26(39-30)21-8-17(28(36)37)9-22(33)23(21)16-4-5-16/h8-9,16,18-20,28,38H,2-7,10-15H2,1H3/t18-,19-,20+,32+/m1/s1. The Kier molecular flexibility index (Phi) is 7.25. The van der Waals surface area contributed by atoms with Crippen LogP contribution < -0.4 is 19.7 Å². The van der Waals surface area contributed by atoms with E-state index in [-0.39, 0.29) is 70.5 Å². The third-order valence-corrected chi connectivity index (χ3v) is 10.6. The summed E-state index contributed by atoms with van der Waals surface area (Å²) in [6.45, 7) is 4.95. The molecule has 8 nitrogen and oxygen atoms in total. The van der Waals surface area contributed by atoms with E-state index in [2.05, 4.69) is 32.0 Å². The van der Waals surface area contributed by atoms with Gasteiger partial charge in [-0.15, -0.1) is 0 Å². The van der Waals surface area contributed by atoms with Gasteiger partial charge < -0.3 is 19.7 Å². The third-order valence-electron chi connectivity index (χ3n) is 10.3. The number of fused-ring (bicyclic) bond motifs is 3. The molecule has 1 saturated carbocycles. The van der Waals surface area contributed by atoms with E-state index in [4.69, 9.17) is 26.1 Å². The molecule has 45 heavy (non-hydrogen) atoms. The van der Waals surface area contributed by atoms with Gasteiger partial charge >= 0.3 is 6.01 Å². The zero-order valence-corrected chi connectivity index (χ0v) is 25.7. The van der Waals surface area contributed by atoms with Crippen LogP contribution in [-0.4, -0.2) is 83.0 Å². The molecule has 0 bridgehead atoms. The maximum absolute atomic E-state index is 16.9. The Morgan fingerprint density at radius 1 is 1.20 bits per heavy atom. The number of pyridine rings is 1. The van der Waals surface area contributed by atoms with Gasteiger partial charge in [0.1, 0.15) is 41.8 Å². The van der Waals surface area contributed by atoms with Crippen molar-refractivity contribution in [1.82, 2.24) is 25.2 Å². The second kappa shape index (κ2) is 11.1. The van der Waals surface area contributed by atoms with Crippen LogP contribution in [0.1, 0.15) is 68.9 Å². The monoisotopic (exact) mass is 646 g/mol. The molecule has 3 aromatic rings. The highest BCUT2D eigenvalue weighted by Crippen LogP contribution is 2.50. The van der Waals surface area contributed by atoms with Crippen LogP contribution in [0.4, 0.5) is 23.4 Å². The molecule has 8 rings (SSSR count). The lowest BCUT2D eigenvalue weighted by Crippen LogP contribution is -2.58. The van der Waals surface area contributed by atoms with E-state index in [1.807, 2.05) is 0 Å². The molecule has 4 fully saturated rings. The first kappa shape index (κ1) is 29.4. The van der Waals surface area contributed by atoms with Crippen molar-refractivity contribution < 1.29 is 27.0 Å². The molecule has 240 valence electrons. The molecular formula is C32H35ClF4N6O2. The lowest BCUT2D eigenvalue weighted by Gasteiger charge is -2.39. The Morgan fingerprint density at radius 3 is 2.82 bits per heavy atom. The van der Waals surface area contributed by atoms with Gasteiger partial charge in [-0.2, -0.15) is 9.97 Å². The van der Waals surface area contributed by atoms with Crippen molar-refractivity contribution in [3.05, 3.63) is 34.1 Å². The number of rotatable bonds is 7. The van der Waals surface area contributed by atoms with Crippen molar-refractivity contribution in [3.63, 3.8) is 0 Å². The maximum atomic E-state index is 16.9. The first-order valence-corrected chi connectivity index (χ1v) is 16.3. The fraction of sp³-hybridized carbons (Fsp3) is 0.594. The topological polar surface area (TPSA) is 75.6 Å². The zero-order valence-electron chi connectivity index (χ0n) is 25.0. The minimum atomic E-state index is -2.80. The van der Waals surface area contributed by atoms with Crippen molar-refractivity contribution in [2.75, 3.05) is 44.3 Å². The van der Waals surface area contributed by atoms with Crippen LogP contribution in [-0.2, 0) is 0 Å². The number of aromatic nitrogens is 3. The Balaban J connectivity index is 1.29. The van der Waals surface area contributed by atoms with Crippen LogP contribution in [0.2, 0.25) is 5.02 Å². The lowest BCUT2D eigenvalue weighted by atomic mass is 9.95. The van der Waals surface area contributed by atoms with E-state index in [0.29, 0.717) is 42.8 Å². The van der Waals surface area contributed by atoms with Crippen LogP contribution >= 0.6 is 11.6 Å². The molecule has 6 heterocycles. The molecule has 1 N–H and O–H groups in total. The van der Waals surface area contributed by atoms with E-state index in [0.717, 1.165) is 38.6 Å². The Labute approximate surface area is 263 Å². The Morgan fingerprint density at radius 2 is 2.04 bits per heavy atom.